The fourth-order valence-electron chi connectivity index (χ4n) is 4.91. The number of hydrogen-bond donors (Lipinski definition) is 0. The molecule has 0 N–H and O–H groups in total. The second-order valence-electron chi connectivity index (χ2n) is 8.04. The third-order valence-electron chi connectivity index (χ3n) is 6.34. The van der Waals surface area contributed by atoms with Gasteiger partial charge in [-0.1, -0.05) is 24.3 Å². The summed E-state index contributed by atoms with van der Waals surface area (Å²) >= 11 is 0. The Morgan fingerprint density at radius 1 is 0.935 bits per heavy atom. The van der Waals surface area contributed by atoms with Crippen LogP contribution in [0.4, 0.5) is 10.1 Å². The number of anilines is 1. The van der Waals surface area contributed by atoms with Gasteiger partial charge >= 0.3 is 5.97 Å². The normalized spacial score (nSPS) is 25.8. The number of hydrogen-bond acceptors (Lipinski definition) is 5. The maximum absolute atomic E-state index is 13.1. The molecule has 0 aromatic heterocycles. The standard InChI is InChI=1S/C24H18FNO5/c25-16-9-7-13(8-10-16)19(27)12-31-24(30)17-3-1-2-4-18(17)26-22(28)20-14-5-6-15(11-14)21(20)23(26)29/h1-10,14-15,20-21H,11-12H2. The highest BCUT2D eigenvalue weighted by Gasteiger charge is 2.59. The summed E-state index contributed by atoms with van der Waals surface area (Å²) in [5.41, 5.74) is 0.421. The number of halogens is 1. The van der Waals surface area contributed by atoms with Crippen LogP contribution in [0.5, 0.6) is 0 Å². The Bertz CT molecular complexity index is 1110. The minimum Gasteiger partial charge on any atom is -0.454 e. The van der Waals surface area contributed by atoms with E-state index in [0.717, 1.165) is 23.5 Å². The van der Waals surface area contributed by atoms with E-state index < -0.39 is 24.2 Å². The van der Waals surface area contributed by atoms with Crippen LogP contribution < -0.4 is 4.90 Å². The van der Waals surface area contributed by atoms with Crippen molar-refractivity contribution in [3.05, 3.63) is 77.6 Å². The Morgan fingerprint density at radius 2 is 1.55 bits per heavy atom. The number of allylic oxidation sites excluding steroid dienone is 2. The number of para-hydroxylation sites is 1. The highest BCUT2D eigenvalue weighted by atomic mass is 19.1. The Kier molecular flexibility index (Phi) is 4.54. The van der Waals surface area contributed by atoms with Crippen LogP contribution >= 0.6 is 0 Å². The zero-order valence-electron chi connectivity index (χ0n) is 16.4. The molecule has 2 aromatic carbocycles. The lowest BCUT2D eigenvalue weighted by Gasteiger charge is -2.19. The number of carbonyl (C=O) groups excluding carboxylic acids is 4. The number of ketones is 1. The molecule has 1 saturated heterocycles. The summed E-state index contributed by atoms with van der Waals surface area (Å²) < 4.78 is 18.2. The average molecular weight is 419 g/mol. The van der Waals surface area contributed by atoms with Crippen molar-refractivity contribution < 1.29 is 28.3 Å². The summed E-state index contributed by atoms with van der Waals surface area (Å²) in [7, 11) is 0. The van der Waals surface area contributed by atoms with E-state index >= 15 is 0 Å². The number of esters is 1. The van der Waals surface area contributed by atoms with E-state index in [1.807, 2.05) is 12.2 Å². The van der Waals surface area contributed by atoms with E-state index in [1.54, 1.807) is 12.1 Å². The zero-order chi connectivity index (χ0) is 21.7. The molecule has 4 atom stereocenters. The van der Waals surface area contributed by atoms with Gasteiger partial charge < -0.3 is 4.74 Å². The zero-order valence-corrected chi connectivity index (χ0v) is 16.4. The molecule has 156 valence electrons. The topological polar surface area (TPSA) is 80.8 Å². The number of carbonyl (C=O) groups is 4. The predicted molar refractivity (Wildman–Crippen MR) is 108 cm³/mol. The van der Waals surface area contributed by atoms with Crippen LogP contribution in [0.3, 0.4) is 0 Å². The van der Waals surface area contributed by atoms with Crippen molar-refractivity contribution in [1.82, 2.24) is 0 Å². The van der Waals surface area contributed by atoms with E-state index in [2.05, 4.69) is 0 Å². The van der Waals surface area contributed by atoms with Gasteiger partial charge in [-0.3, -0.25) is 14.4 Å². The lowest BCUT2D eigenvalue weighted by atomic mass is 9.85. The summed E-state index contributed by atoms with van der Waals surface area (Å²) in [6.45, 7) is -0.542. The van der Waals surface area contributed by atoms with Crippen LogP contribution in [0.2, 0.25) is 0 Å². The van der Waals surface area contributed by atoms with Crippen molar-refractivity contribution in [3.8, 4) is 0 Å². The monoisotopic (exact) mass is 419 g/mol. The van der Waals surface area contributed by atoms with E-state index in [0.29, 0.717) is 0 Å². The number of fused-ring (bicyclic) bond motifs is 5. The van der Waals surface area contributed by atoms with Crippen molar-refractivity contribution >= 4 is 29.3 Å². The summed E-state index contributed by atoms with van der Waals surface area (Å²) in [4.78, 5) is 52.2. The third-order valence-corrected chi connectivity index (χ3v) is 6.34. The van der Waals surface area contributed by atoms with Gasteiger partial charge in [-0.2, -0.15) is 0 Å². The van der Waals surface area contributed by atoms with E-state index in [9.17, 15) is 23.6 Å². The molecule has 2 amide bonds. The average Bonchev–Trinajstić information content (AvgIpc) is 3.46. The maximum atomic E-state index is 13.1. The SMILES string of the molecule is O=C(COC(=O)c1ccccc1N1C(=O)C2C3C=CC(C3)C2C1=O)c1ccc(F)cc1. The van der Waals surface area contributed by atoms with Gasteiger partial charge in [0, 0.05) is 5.56 Å². The maximum Gasteiger partial charge on any atom is 0.340 e. The van der Waals surface area contributed by atoms with Gasteiger partial charge in [0.2, 0.25) is 11.8 Å². The first-order valence-electron chi connectivity index (χ1n) is 10.1. The molecule has 2 fully saturated rings. The highest BCUT2D eigenvalue weighted by Crippen LogP contribution is 2.53. The quantitative estimate of drug-likeness (QED) is 0.322. The number of ether oxygens (including phenoxy) is 1. The molecule has 1 aliphatic heterocycles. The number of amides is 2. The number of imide groups is 1. The minimum absolute atomic E-state index is 0.0383. The molecule has 7 heteroatoms. The van der Waals surface area contributed by atoms with Gasteiger partial charge in [0.25, 0.3) is 0 Å². The summed E-state index contributed by atoms with van der Waals surface area (Å²) in [5, 5.41) is 0. The first-order valence-corrected chi connectivity index (χ1v) is 10.1. The van der Waals surface area contributed by atoms with Crippen molar-refractivity contribution in [2.45, 2.75) is 6.42 Å². The van der Waals surface area contributed by atoms with E-state index in [1.165, 1.54) is 24.3 Å². The first kappa shape index (κ1) is 19.4. The number of benzene rings is 2. The smallest absolute Gasteiger partial charge is 0.340 e. The number of Topliss-reactive ketones (excluding diaryl/α,β-unsaturated/α-hetero) is 1. The molecule has 1 heterocycles. The molecular weight excluding hydrogens is 401 g/mol. The lowest BCUT2D eigenvalue weighted by molar-refractivity contribution is -0.123. The molecule has 31 heavy (non-hydrogen) atoms. The Balaban J connectivity index is 1.35. The molecule has 3 aliphatic rings. The fraction of sp³-hybridized carbons (Fsp3) is 0.250. The van der Waals surface area contributed by atoms with E-state index in [4.69, 9.17) is 4.74 Å². The Morgan fingerprint density at radius 3 is 2.19 bits per heavy atom. The van der Waals surface area contributed by atoms with Gasteiger partial charge in [-0.25, -0.2) is 14.1 Å². The first-order chi connectivity index (χ1) is 15.0. The summed E-state index contributed by atoms with van der Waals surface area (Å²) in [5.74, 6) is -3.02. The molecule has 0 radical (unpaired) electrons. The van der Waals surface area contributed by atoms with Gasteiger partial charge in [-0.15, -0.1) is 0 Å². The van der Waals surface area contributed by atoms with Crippen LogP contribution in [0.1, 0.15) is 27.1 Å². The molecule has 4 unspecified atom stereocenters. The largest absolute Gasteiger partial charge is 0.454 e. The van der Waals surface area contributed by atoms with E-state index in [-0.39, 0.29) is 52.3 Å². The second-order valence-corrected chi connectivity index (χ2v) is 8.04. The van der Waals surface area contributed by atoms with Crippen molar-refractivity contribution in [2.24, 2.45) is 23.7 Å². The van der Waals surface area contributed by atoms with Gasteiger partial charge in [0.15, 0.2) is 12.4 Å². The van der Waals surface area contributed by atoms with Crippen LogP contribution in [0.25, 0.3) is 0 Å². The Labute approximate surface area is 177 Å². The molecule has 0 spiro atoms. The summed E-state index contributed by atoms with van der Waals surface area (Å²) in [6.07, 6.45) is 4.82. The molecule has 5 rings (SSSR count). The van der Waals surface area contributed by atoms with Crippen LogP contribution in [0.15, 0.2) is 60.7 Å². The molecule has 6 nitrogen and oxygen atoms in total. The van der Waals surface area contributed by atoms with Crippen molar-refractivity contribution in [3.63, 3.8) is 0 Å². The van der Waals surface area contributed by atoms with Crippen molar-refractivity contribution in [1.29, 1.82) is 0 Å². The molecule has 1 saturated carbocycles. The van der Waals surface area contributed by atoms with Gasteiger partial charge in [0.1, 0.15) is 5.82 Å². The van der Waals surface area contributed by atoms with Crippen LogP contribution in [-0.4, -0.2) is 30.2 Å². The molecule has 2 bridgehead atoms. The lowest BCUT2D eigenvalue weighted by Crippen LogP contribution is -2.34. The predicted octanol–water partition coefficient (Wildman–Crippen LogP) is 3.18. The highest BCUT2D eigenvalue weighted by molar-refractivity contribution is 6.24. The van der Waals surface area contributed by atoms with Crippen LogP contribution in [0, 0.1) is 29.5 Å². The number of nitrogens with zero attached hydrogens (tertiary/aromatic N) is 1. The minimum atomic E-state index is -0.815. The van der Waals surface area contributed by atoms with Crippen LogP contribution in [-0.2, 0) is 14.3 Å². The Hall–Kier alpha value is -3.61. The second kappa shape index (κ2) is 7.27. The van der Waals surface area contributed by atoms with Gasteiger partial charge in [0.05, 0.1) is 23.1 Å². The number of rotatable bonds is 5. The molecular formula is C24H18FNO5. The fourth-order valence-corrected chi connectivity index (χ4v) is 4.91. The molecule has 2 aliphatic carbocycles. The van der Waals surface area contributed by atoms with Gasteiger partial charge in [-0.05, 0) is 54.7 Å². The summed E-state index contributed by atoms with van der Waals surface area (Å²) in [6, 6.07) is 11.1. The van der Waals surface area contributed by atoms with Crippen molar-refractivity contribution in [2.75, 3.05) is 11.5 Å². The third kappa shape index (κ3) is 3.08. The molecule has 2 aromatic rings.